The van der Waals surface area contributed by atoms with E-state index in [4.69, 9.17) is 40.6 Å². The van der Waals surface area contributed by atoms with E-state index in [0.29, 0.717) is 4.68 Å². The van der Waals surface area contributed by atoms with Crippen LogP contribution < -0.4 is 16.9 Å². The second kappa shape index (κ2) is 12.0. The molecule has 0 aliphatic carbocycles. The zero-order valence-corrected chi connectivity index (χ0v) is 25.6. The molecular weight excluding hydrogens is 692 g/mol. The highest BCUT2D eigenvalue weighted by Gasteiger charge is 2.59. The normalized spacial score (nSPS) is 30.3. The molecule has 4 aromatic heterocycles. The van der Waals surface area contributed by atoms with Crippen molar-refractivity contribution in [2.45, 2.75) is 42.6 Å². The maximum Gasteiger partial charge on any atom is 0.582 e. The van der Waals surface area contributed by atoms with Gasteiger partial charge in [-0.1, -0.05) is 5.21 Å². The number of anilines is 1. The first kappa shape index (κ1) is 32.1. The molecule has 242 valence electrons. The summed E-state index contributed by atoms with van der Waals surface area (Å²) in [6.07, 6.45) is -7.92. The van der Waals surface area contributed by atoms with Crippen LogP contribution in [0.1, 0.15) is 6.23 Å². The molecule has 26 heteroatoms. The van der Waals surface area contributed by atoms with Gasteiger partial charge in [-0.15, -0.1) is 9.62 Å². The molecule has 9 atom stereocenters. The number of thiol groups is 1. The molecule has 20 nitrogen and oxygen atoms in total. The van der Waals surface area contributed by atoms with Crippen molar-refractivity contribution < 1.29 is 46.4 Å². The molecule has 0 radical (unpaired) electrons. The summed E-state index contributed by atoms with van der Waals surface area (Å²) < 4.78 is 72.6. The maximum absolute atomic E-state index is 16.5. The number of nitrogens with one attached hydrogen (secondary N) is 2. The lowest BCUT2D eigenvalue weighted by molar-refractivity contribution is -0.0499. The van der Waals surface area contributed by atoms with E-state index in [2.05, 4.69) is 47.5 Å². The summed E-state index contributed by atoms with van der Waals surface area (Å²) in [7, 11) is -2.76. The van der Waals surface area contributed by atoms with Crippen molar-refractivity contribution in [1.82, 2.24) is 44.5 Å². The first-order chi connectivity index (χ1) is 21.3. The molecule has 2 unspecified atom stereocenters. The second-order valence-corrected chi connectivity index (χ2v) is 14.1. The lowest BCUT2D eigenvalue weighted by Gasteiger charge is -2.27. The summed E-state index contributed by atoms with van der Waals surface area (Å²) in [6, 6.07) is 0. The molecule has 2 saturated heterocycles. The molecule has 6 N–H and O–H groups in total. The van der Waals surface area contributed by atoms with Gasteiger partial charge in [-0.2, -0.15) is 9.67 Å². The number of aromatic amines is 2. The smallest absolute Gasteiger partial charge is 0.394 e. The van der Waals surface area contributed by atoms with Crippen LogP contribution in [0.15, 0.2) is 22.2 Å². The number of aromatic nitrogens is 9. The predicted molar refractivity (Wildman–Crippen MR) is 152 cm³/mol. The number of imidazole rings is 1. The number of nitrogens with zero attached hydrogens (tertiary/aromatic N) is 7. The van der Waals surface area contributed by atoms with Crippen molar-refractivity contribution in [2.75, 3.05) is 25.6 Å². The van der Waals surface area contributed by atoms with Crippen LogP contribution in [0.25, 0.3) is 22.3 Å². The Hall–Kier alpha value is -2.89. The van der Waals surface area contributed by atoms with E-state index in [9.17, 15) is 24.2 Å². The van der Waals surface area contributed by atoms with Crippen molar-refractivity contribution in [3.63, 3.8) is 0 Å². The molecule has 0 spiro atoms. The summed E-state index contributed by atoms with van der Waals surface area (Å²) in [5, 5.41) is 16.9. The average molecular weight is 714 g/mol. The van der Waals surface area contributed by atoms with Crippen LogP contribution in [-0.4, -0.2) is 105 Å². The van der Waals surface area contributed by atoms with Crippen molar-refractivity contribution in [3.8, 4) is 0 Å². The molecule has 45 heavy (non-hydrogen) atoms. The van der Waals surface area contributed by atoms with Gasteiger partial charge in [0.05, 0.1) is 25.9 Å². The summed E-state index contributed by atoms with van der Waals surface area (Å²) >= 11 is 8.78. The number of nitrogen functional groups attached to an aromatic ring is 1. The van der Waals surface area contributed by atoms with E-state index >= 15 is 8.78 Å². The van der Waals surface area contributed by atoms with Crippen LogP contribution in [0, 0.1) is 0 Å². The molecule has 6 rings (SSSR count). The third kappa shape index (κ3) is 5.80. The Morgan fingerprint density at radius 1 is 1.29 bits per heavy atom. The quantitative estimate of drug-likeness (QED) is 0.0856. The molecule has 0 saturated carbocycles. The number of aliphatic hydroxyl groups excluding tert-OH is 1. The number of H-pyrrole nitrogens is 2. The summed E-state index contributed by atoms with van der Waals surface area (Å²) in [5.74, 6) is -3.04. The highest BCUT2D eigenvalue weighted by atomic mass is 32.7. The van der Waals surface area contributed by atoms with Crippen molar-refractivity contribution in [3.05, 3.63) is 33.4 Å². The van der Waals surface area contributed by atoms with Crippen LogP contribution in [0.2, 0.25) is 0 Å². The van der Waals surface area contributed by atoms with Gasteiger partial charge in [-0.3, -0.25) is 23.7 Å². The number of fused-ring (bicyclic) bond motifs is 2. The number of ether oxygens (including phenoxy) is 2. The fourth-order valence-electron chi connectivity index (χ4n) is 4.91. The summed E-state index contributed by atoms with van der Waals surface area (Å²) in [6.45, 7) is -6.80. The van der Waals surface area contributed by atoms with Gasteiger partial charge >= 0.3 is 13.9 Å². The van der Waals surface area contributed by atoms with Crippen molar-refractivity contribution >= 4 is 66.3 Å². The number of rotatable bonds is 10. The van der Waals surface area contributed by atoms with Gasteiger partial charge in [-0.05, 0) is 16.4 Å². The fourth-order valence-corrected chi connectivity index (χ4v) is 7.11. The average Bonchev–Trinajstić information content (AvgIpc) is 3.74. The number of hydrogen-bond donors (Lipinski definition) is 6. The highest BCUT2D eigenvalue weighted by Crippen LogP contribution is 2.51. The Bertz CT molecular complexity index is 1950. The summed E-state index contributed by atoms with van der Waals surface area (Å²) in [4.78, 5) is 51.5. The number of halogens is 2. The van der Waals surface area contributed by atoms with Crippen molar-refractivity contribution in [2.24, 2.45) is 0 Å². The van der Waals surface area contributed by atoms with Crippen LogP contribution >= 0.6 is 26.2 Å². The molecule has 2 fully saturated rings. The first-order valence-electron chi connectivity index (χ1n) is 12.5. The summed E-state index contributed by atoms with van der Waals surface area (Å²) in [5.41, 5.74) is 3.35. The fraction of sp³-hybridized carbons (Fsp3) is 0.526. The zero-order valence-electron chi connectivity index (χ0n) is 22.1. The van der Waals surface area contributed by atoms with Gasteiger partial charge in [0.2, 0.25) is 5.95 Å². The number of hydrogen-bond acceptors (Lipinski definition) is 16. The number of aliphatic hydroxyl groups is 1. The van der Waals surface area contributed by atoms with Gasteiger partial charge in [0.1, 0.15) is 37.2 Å². The third-order valence-corrected chi connectivity index (χ3v) is 9.15. The Morgan fingerprint density at radius 2 is 2.07 bits per heavy atom. The third-order valence-electron chi connectivity index (χ3n) is 6.90. The Balaban J connectivity index is 1.23. The SMILES string of the molecule is Nc1nc2c(ncn2[C@@H]2O[C@H](CO)[C@@H](F)[C@H]2OP(O)(=S)OC[C@H]2OC[C@](F)(n3nnc4c(=O)[nH]cnc43)[C@@H]2O[P+](=O)S)c(=O)[nH]1. The lowest BCUT2D eigenvalue weighted by atomic mass is 10.1. The molecule has 6 heterocycles. The Labute approximate surface area is 258 Å². The van der Waals surface area contributed by atoms with Gasteiger partial charge in [0.15, 0.2) is 40.8 Å². The molecule has 0 aromatic carbocycles. The van der Waals surface area contributed by atoms with E-state index in [1.54, 1.807) is 0 Å². The van der Waals surface area contributed by atoms with E-state index < -0.39 is 87.5 Å². The van der Waals surface area contributed by atoms with E-state index in [1.165, 1.54) is 0 Å². The number of nitrogens with two attached hydrogens (primary N) is 1. The van der Waals surface area contributed by atoms with Gasteiger partial charge < -0.3 is 34.7 Å². The number of alkyl halides is 2. The lowest BCUT2D eigenvalue weighted by Crippen LogP contribution is -2.45. The minimum Gasteiger partial charge on any atom is -0.394 e. The zero-order chi connectivity index (χ0) is 32.3. The largest absolute Gasteiger partial charge is 0.582 e. The van der Waals surface area contributed by atoms with Crippen molar-refractivity contribution in [1.29, 1.82) is 0 Å². The van der Waals surface area contributed by atoms with E-state index in [-0.39, 0.29) is 28.3 Å². The minimum atomic E-state index is -4.45. The van der Waals surface area contributed by atoms with E-state index in [0.717, 1.165) is 17.2 Å². The van der Waals surface area contributed by atoms with E-state index in [1.807, 2.05) is 0 Å². The maximum atomic E-state index is 16.5. The van der Waals surface area contributed by atoms with Gasteiger partial charge in [0, 0.05) is 0 Å². The van der Waals surface area contributed by atoms with Gasteiger partial charge in [0.25, 0.3) is 16.9 Å². The Morgan fingerprint density at radius 3 is 2.80 bits per heavy atom. The molecule has 0 bridgehead atoms. The Kier molecular flexibility index (Phi) is 8.58. The first-order valence-corrected chi connectivity index (χ1v) is 17.5. The van der Waals surface area contributed by atoms with Crippen LogP contribution in [-0.2, 0) is 45.2 Å². The topological polar surface area (TPSA) is 270 Å². The second-order valence-electron chi connectivity index (χ2n) is 9.64. The molecule has 0 amide bonds. The van der Waals surface area contributed by atoms with Crippen LogP contribution in [0.4, 0.5) is 14.7 Å². The van der Waals surface area contributed by atoms with Crippen LogP contribution in [0.5, 0.6) is 0 Å². The molecule has 2 aliphatic heterocycles. The molecule has 2 aliphatic rings. The molecular formula is C19H21F2N10O10P2S2+. The monoisotopic (exact) mass is 713 g/mol. The minimum absolute atomic E-state index is 0.121. The molecule has 4 aromatic rings. The predicted octanol–water partition coefficient (Wildman–Crippen LogP) is -0.930. The van der Waals surface area contributed by atoms with Crippen LogP contribution in [0.3, 0.4) is 0 Å². The van der Waals surface area contributed by atoms with Gasteiger partial charge in [-0.25, -0.2) is 18.7 Å². The highest BCUT2D eigenvalue weighted by molar-refractivity contribution is 8.39. The standard InChI is InChI=1S/C19H20F2N10O10P2S2/c20-8-6(1-32)39-17(30-5-25-9-14(30)26-18(22)27-16(9)34)11(8)41-43(36,45)38-2-7-12(40-42(35)44)19(21,3-37-7)31-13-10(28-29-31)15(33)24-4-23-13/h4-8,11-12,17,32H,1-3H2,(H5-,22,23,24,26,27,29,33,34,35,36,44,45)/p+1/t6-,7-,8-,11-,12-,17-,19+,43?/m1/s1.